The number of nitrogens with one attached hydrogen (secondary N) is 1. The van der Waals surface area contributed by atoms with Crippen molar-refractivity contribution in [3.63, 3.8) is 0 Å². The molecule has 2 aromatic carbocycles. The maximum atomic E-state index is 12.4. The van der Waals surface area contributed by atoms with Crippen LogP contribution in [0.5, 0.6) is 0 Å². The highest BCUT2D eigenvalue weighted by Crippen LogP contribution is 2.25. The van der Waals surface area contributed by atoms with Crippen LogP contribution in [0.4, 0.5) is 5.69 Å². The number of hydrogen-bond donors (Lipinski definition) is 1. The van der Waals surface area contributed by atoms with E-state index in [1.54, 1.807) is 6.07 Å². The van der Waals surface area contributed by atoms with Crippen LogP contribution in [0.25, 0.3) is 0 Å². The molecule has 0 radical (unpaired) electrons. The Balaban J connectivity index is 2.18. The number of nitrogens with zero attached hydrogens (tertiary/aromatic N) is 1. The van der Waals surface area contributed by atoms with Gasteiger partial charge in [-0.15, -0.1) is 0 Å². The van der Waals surface area contributed by atoms with Crippen LogP contribution in [0.3, 0.4) is 0 Å². The Morgan fingerprint density at radius 1 is 1.08 bits per heavy atom. The molecule has 0 atom stereocenters. The molecule has 0 spiro atoms. The van der Waals surface area contributed by atoms with Crippen molar-refractivity contribution < 1.29 is 13.2 Å². The largest absolute Gasteiger partial charge is 0.326 e. The van der Waals surface area contributed by atoms with E-state index >= 15 is 0 Å². The maximum Gasteiger partial charge on any atom is 0.242 e. The van der Waals surface area contributed by atoms with Crippen molar-refractivity contribution in [2.75, 3.05) is 19.4 Å². The number of benzene rings is 2. The molecule has 1 N–H and O–H groups in total. The van der Waals surface area contributed by atoms with E-state index in [1.807, 2.05) is 39.0 Å². The molecule has 2 rings (SSSR count). The highest BCUT2D eigenvalue weighted by molar-refractivity contribution is 7.89. The maximum absolute atomic E-state index is 12.4. The average Bonchev–Trinajstić information content (AvgIpc) is 2.56. The lowest BCUT2D eigenvalue weighted by Gasteiger charge is -2.16. The zero-order valence-corrected chi connectivity index (χ0v) is 16.8. The minimum atomic E-state index is -3.55. The number of rotatable bonds is 6. The molecule has 0 heterocycles. The first kappa shape index (κ1) is 20.1. The van der Waals surface area contributed by atoms with Crippen LogP contribution >= 0.6 is 0 Å². The summed E-state index contributed by atoms with van der Waals surface area (Å²) in [6.07, 6.45) is 0.980. The van der Waals surface area contributed by atoms with Gasteiger partial charge in [-0.1, -0.05) is 29.8 Å². The summed E-state index contributed by atoms with van der Waals surface area (Å²) < 4.78 is 25.9. The molecule has 0 aromatic heterocycles. The van der Waals surface area contributed by atoms with Crippen LogP contribution in [0.15, 0.2) is 41.3 Å². The Morgan fingerprint density at radius 2 is 1.77 bits per heavy atom. The fourth-order valence-electron chi connectivity index (χ4n) is 2.65. The third kappa shape index (κ3) is 4.71. The number of amides is 1. The summed E-state index contributed by atoms with van der Waals surface area (Å²) >= 11 is 0. The number of hydrogen-bond acceptors (Lipinski definition) is 3. The fraction of sp³-hybridized carbons (Fsp3) is 0.350. The second-order valence-electron chi connectivity index (χ2n) is 6.74. The van der Waals surface area contributed by atoms with Crippen LogP contribution in [0.2, 0.25) is 0 Å². The Labute approximate surface area is 156 Å². The minimum Gasteiger partial charge on any atom is -0.326 e. The fourth-order valence-corrected chi connectivity index (χ4v) is 3.67. The topological polar surface area (TPSA) is 66.5 Å². The van der Waals surface area contributed by atoms with Gasteiger partial charge in [0.05, 0.1) is 4.90 Å². The summed E-state index contributed by atoms with van der Waals surface area (Å²) in [6.45, 7) is 5.73. The Hall–Kier alpha value is -2.18. The molecule has 26 heavy (non-hydrogen) atoms. The van der Waals surface area contributed by atoms with Crippen LogP contribution in [-0.4, -0.2) is 32.7 Å². The van der Waals surface area contributed by atoms with Gasteiger partial charge in [-0.25, -0.2) is 12.7 Å². The van der Waals surface area contributed by atoms with Gasteiger partial charge in [0.2, 0.25) is 15.9 Å². The molecule has 1 amide bonds. The molecule has 0 aliphatic heterocycles. The number of carbonyl (C=O) groups excluding carboxylic acids is 1. The van der Waals surface area contributed by atoms with Crippen LogP contribution < -0.4 is 5.32 Å². The second kappa shape index (κ2) is 8.01. The van der Waals surface area contributed by atoms with Crippen molar-refractivity contribution in [2.24, 2.45) is 0 Å². The molecule has 6 heteroatoms. The molecule has 0 unspecified atom stereocenters. The van der Waals surface area contributed by atoms with Crippen molar-refractivity contribution in [1.82, 2.24) is 4.31 Å². The second-order valence-corrected chi connectivity index (χ2v) is 8.89. The predicted molar refractivity (Wildman–Crippen MR) is 105 cm³/mol. The van der Waals surface area contributed by atoms with Gasteiger partial charge in [0.1, 0.15) is 0 Å². The zero-order valence-electron chi connectivity index (χ0n) is 16.0. The molecule has 0 aliphatic rings. The number of carbonyl (C=O) groups is 1. The van der Waals surface area contributed by atoms with Crippen molar-refractivity contribution >= 4 is 21.6 Å². The molecule has 5 nitrogen and oxygen atoms in total. The van der Waals surface area contributed by atoms with Crippen molar-refractivity contribution in [3.8, 4) is 0 Å². The highest BCUT2D eigenvalue weighted by Gasteiger charge is 2.20. The Bertz CT molecular complexity index is 919. The van der Waals surface area contributed by atoms with E-state index < -0.39 is 10.0 Å². The van der Waals surface area contributed by atoms with Gasteiger partial charge >= 0.3 is 0 Å². The molecule has 0 saturated heterocycles. The van der Waals surface area contributed by atoms with Gasteiger partial charge in [-0.2, -0.15) is 0 Å². The molecular formula is C20H26N2O3S. The summed E-state index contributed by atoms with van der Waals surface area (Å²) in [5, 5.41) is 2.87. The third-order valence-electron chi connectivity index (χ3n) is 4.42. The zero-order chi connectivity index (χ0) is 19.5. The van der Waals surface area contributed by atoms with E-state index in [-0.39, 0.29) is 10.8 Å². The van der Waals surface area contributed by atoms with Crippen molar-refractivity contribution in [1.29, 1.82) is 0 Å². The van der Waals surface area contributed by atoms with Gasteiger partial charge in [0.15, 0.2) is 0 Å². The summed E-state index contributed by atoms with van der Waals surface area (Å²) in [4.78, 5) is 12.5. The molecule has 0 bridgehead atoms. The number of aryl methyl sites for hydroxylation is 3. The molecule has 0 saturated carbocycles. The molecule has 2 aromatic rings. The van der Waals surface area contributed by atoms with Gasteiger partial charge in [0.25, 0.3) is 0 Å². The van der Waals surface area contributed by atoms with E-state index in [1.165, 1.54) is 24.5 Å². The number of sulfonamides is 1. The van der Waals surface area contributed by atoms with Gasteiger partial charge < -0.3 is 5.32 Å². The van der Waals surface area contributed by atoms with Crippen molar-refractivity contribution in [2.45, 2.75) is 38.5 Å². The first-order chi connectivity index (χ1) is 12.1. The average molecular weight is 375 g/mol. The first-order valence-electron chi connectivity index (χ1n) is 8.50. The summed E-state index contributed by atoms with van der Waals surface area (Å²) in [7, 11) is -0.571. The van der Waals surface area contributed by atoms with E-state index in [9.17, 15) is 13.2 Å². The van der Waals surface area contributed by atoms with E-state index in [4.69, 9.17) is 0 Å². The highest BCUT2D eigenvalue weighted by atomic mass is 32.2. The van der Waals surface area contributed by atoms with Gasteiger partial charge in [-0.3, -0.25) is 4.79 Å². The third-order valence-corrected chi connectivity index (χ3v) is 6.21. The molecule has 0 fully saturated rings. The van der Waals surface area contributed by atoms with Gasteiger partial charge in [0, 0.05) is 26.2 Å². The summed E-state index contributed by atoms with van der Waals surface area (Å²) in [5.41, 5.74) is 4.50. The Kier molecular flexibility index (Phi) is 6.21. The summed E-state index contributed by atoms with van der Waals surface area (Å²) in [5.74, 6) is -0.131. The number of anilines is 1. The quantitative estimate of drug-likeness (QED) is 0.842. The molecular weight excluding hydrogens is 348 g/mol. The first-order valence-corrected chi connectivity index (χ1v) is 9.94. The summed E-state index contributed by atoms with van der Waals surface area (Å²) in [6, 6.07) is 11.2. The van der Waals surface area contributed by atoms with Gasteiger partial charge in [-0.05, 0) is 56.0 Å². The normalized spacial score (nSPS) is 11.6. The molecule has 0 aliphatic carbocycles. The van der Waals surface area contributed by atoms with E-state index in [0.717, 1.165) is 22.3 Å². The van der Waals surface area contributed by atoms with Crippen LogP contribution in [-0.2, 0) is 21.2 Å². The predicted octanol–water partition coefficient (Wildman–Crippen LogP) is 3.43. The Morgan fingerprint density at radius 3 is 2.38 bits per heavy atom. The smallest absolute Gasteiger partial charge is 0.242 e. The van der Waals surface area contributed by atoms with Crippen molar-refractivity contribution in [3.05, 3.63) is 58.7 Å². The lowest BCUT2D eigenvalue weighted by Crippen LogP contribution is -2.23. The van der Waals surface area contributed by atoms with Crippen LogP contribution in [0.1, 0.15) is 28.7 Å². The monoisotopic (exact) mass is 374 g/mol. The molecule has 140 valence electrons. The SMILES string of the molecule is Cc1cccc(CCC(=O)Nc2cc(S(=O)(=O)N(C)C)cc(C)c2C)c1. The van der Waals surface area contributed by atoms with E-state index in [2.05, 4.69) is 11.4 Å². The standard InChI is InChI=1S/C20H26N2O3S/c1-14-7-6-8-17(11-14)9-10-20(23)21-19-13-18(12-15(2)16(19)3)26(24,25)22(4)5/h6-8,11-13H,9-10H2,1-5H3,(H,21,23). The minimum absolute atomic E-state index is 0.131. The lowest BCUT2D eigenvalue weighted by atomic mass is 10.1. The lowest BCUT2D eigenvalue weighted by molar-refractivity contribution is -0.116. The van der Waals surface area contributed by atoms with Crippen LogP contribution in [0, 0.1) is 20.8 Å². The van der Waals surface area contributed by atoms with E-state index in [0.29, 0.717) is 18.5 Å².